The molecular formula is C13H11FN2S2. The van der Waals surface area contributed by atoms with Crippen molar-refractivity contribution in [1.82, 2.24) is 9.38 Å². The smallest absolute Gasteiger partial charge is 0.123 e. The van der Waals surface area contributed by atoms with Gasteiger partial charge >= 0.3 is 0 Å². The Morgan fingerprint density at radius 2 is 2.28 bits per heavy atom. The molecule has 1 aromatic carbocycles. The van der Waals surface area contributed by atoms with Gasteiger partial charge in [0.15, 0.2) is 0 Å². The standard InChI is InChI=1S/C13H11FN2S2/c14-11-3-1-2-10(4-11)6-17-7-12-8-18-13-5-15-9-16(12)13/h1-5,8-9H,6-7H2. The van der Waals surface area contributed by atoms with E-state index in [1.165, 1.54) is 11.8 Å². The van der Waals surface area contributed by atoms with Crippen LogP contribution in [0.3, 0.4) is 0 Å². The number of aromatic nitrogens is 2. The molecule has 0 aliphatic rings. The predicted octanol–water partition coefficient (Wildman–Crippen LogP) is 3.97. The molecule has 0 radical (unpaired) electrons. The molecule has 0 aliphatic heterocycles. The zero-order valence-electron chi connectivity index (χ0n) is 9.54. The van der Waals surface area contributed by atoms with Crippen molar-refractivity contribution in [3.05, 3.63) is 59.2 Å². The summed E-state index contributed by atoms with van der Waals surface area (Å²) in [5.74, 6) is 1.57. The molecule has 2 heterocycles. The van der Waals surface area contributed by atoms with Crippen molar-refractivity contribution in [3.8, 4) is 0 Å². The van der Waals surface area contributed by atoms with Crippen molar-refractivity contribution >= 4 is 27.9 Å². The highest BCUT2D eigenvalue weighted by atomic mass is 32.2. The van der Waals surface area contributed by atoms with Crippen LogP contribution in [-0.4, -0.2) is 9.38 Å². The number of imidazole rings is 1. The molecule has 2 nitrogen and oxygen atoms in total. The molecule has 0 atom stereocenters. The first-order valence-electron chi connectivity index (χ1n) is 5.53. The van der Waals surface area contributed by atoms with Gasteiger partial charge < -0.3 is 0 Å². The van der Waals surface area contributed by atoms with E-state index in [-0.39, 0.29) is 5.82 Å². The van der Waals surface area contributed by atoms with Crippen molar-refractivity contribution in [2.45, 2.75) is 11.5 Å². The van der Waals surface area contributed by atoms with Crippen LogP contribution in [0, 0.1) is 5.82 Å². The summed E-state index contributed by atoms with van der Waals surface area (Å²) in [5.41, 5.74) is 2.27. The van der Waals surface area contributed by atoms with E-state index < -0.39 is 0 Å². The summed E-state index contributed by atoms with van der Waals surface area (Å²) < 4.78 is 15.1. The normalized spacial score (nSPS) is 11.2. The number of halogens is 1. The highest BCUT2D eigenvalue weighted by molar-refractivity contribution is 7.97. The number of thiazole rings is 1. The van der Waals surface area contributed by atoms with E-state index in [1.54, 1.807) is 35.2 Å². The summed E-state index contributed by atoms with van der Waals surface area (Å²) >= 11 is 3.48. The Kier molecular flexibility index (Phi) is 3.34. The Labute approximate surface area is 112 Å². The molecule has 0 bridgehead atoms. The Bertz CT molecular complexity index is 660. The van der Waals surface area contributed by atoms with Crippen LogP contribution in [0.1, 0.15) is 11.3 Å². The van der Waals surface area contributed by atoms with Crippen molar-refractivity contribution in [2.75, 3.05) is 0 Å². The largest absolute Gasteiger partial charge is 0.293 e. The molecule has 2 aromatic heterocycles. The highest BCUT2D eigenvalue weighted by Crippen LogP contribution is 2.22. The third kappa shape index (κ3) is 2.42. The molecule has 5 heteroatoms. The topological polar surface area (TPSA) is 17.3 Å². The van der Waals surface area contributed by atoms with Gasteiger partial charge in [0.25, 0.3) is 0 Å². The molecule has 92 valence electrons. The van der Waals surface area contributed by atoms with E-state index in [9.17, 15) is 4.39 Å². The fourth-order valence-electron chi connectivity index (χ4n) is 1.77. The lowest BCUT2D eigenvalue weighted by Crippen LogP contribution is -1.88. The summed E-state index contributed by atoms with van der Waals surface area (Å²) in [6.07, 6.45) is 3.70. The van der Waals surface area contributed by atoms with E-state index in [0.29, 0.717) is 0 Å². The maximum atomic E-state index is 13.0. The van der Waals surface area contributed by atoms with Crippen LogP contribution in [0.5, 0.6) is 0 Å². The Morgan fingerprint density at radius 3 is 3.17 bits per heavy atom. The van der Waals surface area contributed by atoms with Crippen LogP contribution >= 0.6 is 23.1 Å². The van der Waals surface area contributed by atoms with Gasteiger partial charge in [-0.25, -0.2) is 9.37 Å². The van der Waals surface area contributed by atoms with Gasteiger partial charge in [-0.2, -0.15) is 11.8 Å². The van der Waals surface area contributed by atoms with Crippen LogP contribution in [0.2, 0.25) is 0 Å². The quantitative estimate of drug-likeness (QED) is 0.718. The third-order valence-corrected chi connectivity index (χ3v) is 4.61. The average molecular weight is 278 g/mol. The number of hydrogen-bond acceptors (Lipinski definition) is 3. The zero-order chi connectivity index (χ0) is 12.4. The van der Waals surface area contributed by atoms with Crippen molar-refractivity contribution in [3.63, 3.8) is 0 Å². The number of benzene rings is 1. The van der Waals surface area contributed by atoms with Crippen LogP contribution in [0.4, 0.5) is 4.39 Å². The first-order chi connectivity index (χ1) is 8.83. The van der Waals surface area contributed by atoms with E-state index in [0.717, 1.165) is 21.9 Å². The number of fused-ring (bicyclic) bond motifs is 1. The summed E-state index contributed by atoms with van der Waals surface area (Å²) in [5, 5.41) is 2.15. The van der Waals surface area contributed by atoms with Gasteiger partial charge in [-0.15, -0.1) is 11.3 Å². The lowest BCUT2D eigenvalue weighted by Gasteiger charge is -2.01. The Balaban J connectivity index is 1.64. The summed E-state index contributed by atoms with van der Waals surface area (Å²) in [6.45, 7) is 0. The number of thioether (sulfide) groups is 1. The molecule has 3 rings (SSSR count). The highest BCUT2D eigenvalue weighted by Gasteiger charge is 2.03. The minimum atomic E-state index is -0.166. The van der Waals surface area contributed by atoms with Gasteiger partial charge in [-0.3, -0.25) is 4.40 Å². The van der Waals surface area contributed by atoms with Gasteiger partial charge in [0, 0.05) is 22.6 Å². The molecule has 0 fully saturated rings. The van der Waals surface area contributed by atoms with E-state index >= 15 is 0 Å². The van der Waals surface area contributed by atoms with Gasteiger partial charge in [0.05, 0.1) is 6.20 Å². The second-order valence-corrected chi connectivity index (χ2v) is 5.83. The van der Waals surface area contributed by atoms with Crippen LogP contribution < -0.4 is 0 Å². The molecule has 0 saturated heterocycles. The average Bonchev–Trinajstić information content (AvgIpc) is 2.93. The molecule has 0 aliphatic carbocycles. The lowest BCUT2D eigenvalue weighted by atomic mass is 10.2. The molecular weight excluding hydrogens is 267 g/mol. The Hall–Kier alpha value is -1.33. The van der Waals surface area contributed by atoms with Crippen molar-refractivity contribution in [1.29, 1.82) is 0 Å². The van der Waals surface area contributed by atoms with Crippen molar-refractivity contribution in [2.24, 2.45) is 0 Å². The minimum Gasteiger partial charge on any atom is -0.293 e. The first kappa shape index (κ1) is 11.7. The molecule has 0 spiro atoms. The fourth-order valence-corrected chi connectivity index (χ4v) is 3.68. The minimum absolute atomic E-state index is 0.166. The summed E-state index contributed by atoms with van der Waals surface area (Å²) in [6, 6.07) is 6.77. The molecule has 0 N–H and O–H groups in total. The molecule has 18 heavy (non-hydrogen) atoms. The van der Waals surface area contributed by atoms with E-state index in [1.807, 2.05) is 18.6 Å². The van der Waals surface area contributed by atoms with Crippen molar-refractivity contribution < 1.29 is 4.39 Å². The number of hydrogen-bond donors (Lipinski definition) is 0. The van der Waals surface area contributed by atoms with Crippen LogP contribution in [-0.2, 0) is 11.5 Å². The van der Waals surface area contributed by atoms with Crippen LogP contribution in [0.25, 0.3) is 4.83 Å². The summed E-state index contributed by atoms with van der Waals surface area (Å²) in [4.78, 5) is 5.28. The molecule has 0 amide bonds. The van der Waals surface area contributed by atoms with Gasteiger partial charge in [0.1, 0.15) is 17.0 Å². The van der Waals surface area contributed by atoms with Gasteiger partial charge in [-0.05, 0) is 17.7 Å². The van der Waals surface area contributed by atoms with Crippen LogP contribution in [0.15, 0.2) is 42.2 Å². The maximum Gasteiger partial charge on any atom is 0.123 e. The zero-order valence-corrected chi connectivity index (χ0v) is 11.2. The predicted molar refractivity (Wildman–Crippen MR) is 74.5 cm³/mol. The molecule has 0 saturated carbocycles. The molecule has 0 unspecified atom stereocenters. The maximum absolute atomic E-state index is 13.0. The van der Waals surface area contributed by atoms with Gasteiger partial charge in [-0.1, -0.05) is 12.1 Å². The third-order valence-electron chi connectivity index (χ3n) is 2.64. The Morgan fingerprint density at radius 1 is 1.33 bits per heavy atom. The summed E-state index contributed by atoms with van der Waals surface area (Å²) in [7, 11) is 0. The second kappa shape index (κ2) is 5.12. The lowest BCUT2D eigenvalue weighted by molar-refractivity contribution is 0.626. The van der Waals surface area contributed by atoms with E-state index in [4.69, 9.17) is 0 Å². The van der Waals surface area contributed by atoms with Gasteiger partial charge in [0.2, 0.25) is 0 Å². The fraction of sp³-hybridized carbons (Fsp3) is 0.154. The number of rotatable bonds is 4. The monoisotopic (exact) mass is 278 g/mol. The number of nitrogens with zero attached hydrogens (tertiary/aromatic N) is 2. The molecule has 3 aromatic rings. The SMILES string of the molecule is Fc1cccc(CSCc2csc3cncn23)c1. The first-order valence-corrected chi connectivity index (χ1v) is 7.57. The second-order valence-electron chi connectivity index (χ2n) is 3.95. The van der Waals surface area contributed by atoms with E-state index in [2.05, 4.69) is 14.8 Å².